The van der Waals surface area contributed by atoms with Crippen molar-refractivity contribution in [3.05, 3.63) is 60.1 Å². The molecule has 6 nitrogen and oxygen atoms in total. The summed E-state index contributed by atoms with van der Waals surface area (Å²) < 4.78 is 20.9. The molecular weight excluding hydrogens is 321 g/mol. The van der Waals surface area contributed by atoms with Crippen LogP contribution in [0.1, 0.15) is 31.5 Å². The van der Waals surface area contributed by atoms with E-state index in [1.54, 1.807) is 24.4 Å². The molecule has 0 atom stereocenters. The van der Waals surface area contributed by atoms with E-state index in [4.69, 9.17) is 4.52 Å². The zero-order chi connectivity index (χ0) is 17.4. The topological polar surface area (TPSA) is 69.6 Å². The Labute approximate surface area is 143 Å². The Morgan fingerprint density at radius 3 is 2.92 bits per heavy atom. The Hall–Kier alpha value is -3.09. The summed E-state index contributed by atoms with van der Waals surface area (Å²) in [6.07, 6.45) is 3.94. The highest BCUT2D eigenvalue weighted by atomic mass is 19.1. The molecule has 4 rings (SSSR count). The number of benzene rings is 1. The number of nitrogens with zero attached hydrogens (tertiary/aromatic N) is 5. The maximum absolute atomic E-state index is 13.7. The minimum absolute atomic E-state index is 0.302. The maximum Gasteiger partial charge on any atom is 0.233 e. The monoisotopic (exact) mass is 337 g/mol. The third-order valence-electron chi connectivity index (χ3n) is 3.91. The van der Waals surface area contributed by atoms with Gasteiger partial charge in [0.25, 0.3) is 0 Å². The van der Waals surface area contributed by atoms with Crippen molar-refractivity contribution < 1.29 is 8.91 Å². The van der Waals surface area contributed by atoms with Crippen LogP contribution in [-0.2, 0) is 6.42 Å². The van der Waals surface area contributed by atoms with Crippen molar-refractivity contribution in [3.8, 4) is 11.4 Å². The molecule has 0 aliphatic heterocycles. The molecule has 0 aliphatic rings. The molecule has 0 saturated heterocycles. The first-order chi connectivity index (χ1) is 12.1. The van der Waals surface area contributed by atoms with Crippen molar-refractivity contribution in [3.63, 3.8) is 0 Å². The van der Waals surface area contributed by atoms with E-state index in [1.807, 2.05) is 16.9 Å². The van der Waals surface area contributed by atoms with Crippen LogP contribution in [-0.4, -0.2) is 24.9 Å². The smallest absolute Gasteiger partial charge is 0.233 e. The van der Waals surface area contributed by atoms with Gasteiger partial charge in [0, 0.05) is 29.4 Å². The maximum atomic E-state index is 13.7. The van der Waals surface area contributed by atoms with Crippen molar-refractivity contribution in [1.29, 1.82) is 0 Å². The van der Waals surface area contributed by atoms with Crippen LogP contribution >= 0.6 is 0 Å². The molecule has 0 N–H and O–H groups in total. The van der Waals surface area contributed by atoms with Gasteiger partial charge in [-0.15, -0.1) is 0 Å². The van der Waals surface area contributed by atoms with E-state index < -0.39 is 0 Å². The van der Waals surface area contributed by atoms with E-state index in [9.17, 15) is 4.39 Å². The molecular formula is C18H16FN5O. The predicted octanol–water partition coefficient (Wildman–Crippen LogP) is 3.79. The van der Waals surface area contributed by atoms with Gasteiger partial charge in [-0.2, -0.15) is 10.1 Å². The molecule has 0 unspecified atom stereocenters. The summed E-state index contributed by atoms with van der Waals surface area (Å²) in [7, 11) is 0. The van der Waals surface area contributed by atoms with Gasteiger partial charge in [0.1, 0.15) is 11.3 Å². The van der Waals surface area contributed by atoms with E-state index >= 15 is 0 Å². The Bertz CT molecular complexity index is 1040. The lowest BCUT2D eigenvalue weighted by Gasteiger charge is -2.03. The van der Waals surface area contributed by atoms with Crippen molar-refractivity contribution in [1.82, 2.24) is 24.9 Å². The summed E-state index contributed by atoms with van der Waals surface area (Å²) in [5.41, 5.74) is 1.87. The summed E-state index contributed by atoms with van der Waals surface area (Å²) in [6, 6.07) is 8.87. The highest BCUT2D eigenvalue weighted by Gasteiger charge is 2.13. The number of rotatable bonds is 4. The number of pyridine rings is 1. The largest absolute Gasteiger partial charge is 0.339 e. The minimum atomic E-state index is -0.349. The molecule has 0 amide bonds. The Kier molecular flexibility index (Phi) is 3.76. The third kappa shape index (κ3) is 3.00. The van der Waals surface area contributed by atoms with Crippen LogP contribution in [0, 0.1) is 5.82 Å². The number of aromatic nitrogens is 5. The van der Waals surface area contributed by atoms with Crippen molar-refractivity contribution in [2.45, 2.75) is 26.3 Å². The molecule has 3 heterocycles. The summed E-state index contributed by atoms with van der Waals surface area (Å²) in [6.45, 7) is 4.13. The summed E-state index contributed by atoms with van der Waals surface area (Å²) in [4.78, 5) is 8.56. The molecule has 0 saturated carbocycles. The van der Waals surface area contributed by atoms with Gasteiger partial charge < -0.3 is 4.52 Å². The van der Waals surface area contributed by atoms with Crippen LogP contribution in [0.5, 0.6) is 0 Å². The molecule has 126 valence electrons. The van der Waals surface area contributed by atoms with Crippen LogP contribution in [0.25, 0.3) is 22.3 Å². The third-order valence-corrected chi connectivity index (χ3v) is 3.91. The van der Waals surface area contributed by atoms with E-state index in [1.165, 1.54) is 6.07 Å². The van der Waals surface area contributed by atoms with E-state index in [0.29, 0.717) is 40.6 Å². The Morgan fingerprint density at radius 2 is 2.12 bits per heavy atom. The molecule has 4 aromatic rings. The van der Waals surface area contributed by atoms with E-state index in [-0.39, 0.29) is 5.82 Å². The van der Waals surface area contributed by atoms with Gasteiger partial charge in [0.15, 0.2) is 0 Å². The van der Waals surface area contributed by atoms with Crippen LogP contribution in [0.2, 0.25) is 0 Å². The average Bonchev–Trinajstić information content (AvgIpc) is 3.25. The lowest BCUT2D eigenvalue weighted by atomic mass is 10.1. The van der Waals surface area contributed by atoms with Crippen molar-refractivity contribution in [2.24, 2.45) is 0 Å². The lowest BCUT2D eigenvalue weighted by molar-refractivity contribution is 0.384. The first-order valence-corrected chi connectivity index (χ1v) is 8.01. The normalized spacial score (nSPS) is 11.5. The van der Waals surface area contributed by atoms with E-state index in [2.05, 4.69) is 34.1 Å². The van der Waals surface area contributed by atoms with E-state index in [0.717, 1.165) is 5.69 Å². The van der Waals surface area contributed by atoms with Gasteiger partial charge in [-0.1, -0.05) is 17.3 Å². The number of hydrogen-bond donors (Lipinski definition) is 0. The lowest BCUT2D eigenvalue weighted by Crippen LogP contribution is -2.02. The van der Waals surface area contributed by atoms with Gasteiger partial charge in [-0.3, -0.25) is 9.67 Å². The standard InChI is InChI=1S/C18H16FN5O/c1-11(2)24-7-6-14(22-24)9-16-21-18(23-25-16)13-8-12-4-3-5-15(19)17(12)20-10-13/h3-8,10-11H,9H2,1-2H3. The average molecular weight is 337 g/mol. The number of halogens is 1. The fraction of sp³-hybridized carbons (Fsp3) is 0.222. The zero-order valence-electron chi connectivity index (χ0n) is 13.8. The predicted molar refractivity (Wildman–Crippen MR) is 90.4 cm³/mol. The second-order valence-corrected chi connectivity index (χ2v) is 6.10. The van der Waals surface area contributed by atoms with Crippen molar-refractivity contribution >= 4 is 10.9 Å². The van der Waals surface area contributed by atoms with Gasteiger partial charge in [-0.25, -0.2) is 4.39 Å². The Balaban J connectivity index is 1.60. The van der Waals surface area contributed by atoms with Crippen LogP contribution < -0.4 is 0 Å². The summed E-state index contributed by atoms with van der Waals surface area (Å²) in [5.74, 6) is 0.555. The minimum Gasteiger partial charge on any atom is -0.339 e. The molecule has 3 aromatic heterocycles. The highest BCUT2D eigenvalue weighted by Crippen LogP contribution is 2.22. The molecule has 0 radical (unpaired) electrons. The SMILES string of the molecule is CC(C)n1ccc(Cc2nc(-c3cnc4c(F)cccc4c3)no2)n1. The molecule has 0 bridgehead atoms. The molecule has 1 aromatic carbocycles. The van der Waals surface area contributed by atoms with Gasteiger partial charge in [0.05, 0.1) is 12.1 Å². The van der Waals surface area contributed by atoms with Crippen LogP contribution in [0.15, 0.2) is 47.2 Å². The molecule has 0 aliphatic carbocycles. The zero-order valence-corrected chi connectivity index (χ0v) is 13.8. The number of para-hydroxylation sites is 1. The quantitative estimate of drug-likeness (QED) is 0.566. The van der Waals surface area contributed by atoms with Gasteiger partial charge in [-0.05, 0) is 32.0 Å². The summed E-state index contributed by atoms with van der Waals surface area (Å²) >= 11 is 0. The number of fused-ring (bicyclic) bond motifs is 1. The number of hydrogen-bond acceptors (Lipinski definition) is 5. The Morgan fingerprint density at radius 1 is 1.24 bits per heavy atom. The van der Waals surface area contributed by atoms with Crippen LogP contribution in [0.3, 0.4) is 0 Å². The summed E-state index contributed by atoms with van der Waals surface area (Å²) in [5, 5.41) is 9.17. The first kappa shape index (κ1) is 15.4. The first-order valence-electron chi connectivity index (χ1n) is 8.01. The highest BCUT2D eigenvalue weighted by molar-refractivity contribution is 5.82. The molecule has 0 spiro atoms. The second kappa shape index (κ2) is 6.08. The van der Waals surface area contributed by atoms with Crippen molar-refractivity contribution in [2.75, 3.05) is 0 Å². The fourth-order valence-corrected chi connectivity index (χ4v) is 2.60. The fourth-order valence-electron chi connectivity index (χ4n) is 2.60. The second-order valence-electron chi connectivity index (χ2n) is 6.10. The molecule has 7 heteroatoms. The molecule has 0 fully saturated rings. The molecule has 25 heavy (non-hydrogen) atoms. The van der Waals surface area contributed by atoms with Crippen LogP contribution in [0.4, 0.5) is 4.39 Å². The van der Waals surface area contributed by atoms with Gasteiger partial charge >= 0.3 is 0 Å². The van der Waals surface area contributed by atoms with Gasteiger partial charge in [0.2, 0.25) is 11.7 Å².